The molecule has 0 unspecified atom stereocenters. The van der Waals surface area contributed by atoms with Crippen LogP contribution < -0.4 is 0 Å². The highest BCUT2D eigenvalue weighted by Crippen LogP contribution is 2.27. The summed E-state index contributed by atoms with van der Waals surface area (Å²) in [5, 5.41) is 0. The molecule has 0 aromatic carbocycles. The molecular formula is C11H21S. The number of hydrogen-bond donors (Lipinski definition) is 0. The van der Waals surface area contributed by atoms with Gasteiger partial charge < -0.3 is 0 Å². The van der Waals surface area contributed by atoms with Crippen molar-refractivity contribution in [3.05, 3.63) is 0 Å². The second-order valence-electron chi connectivity index (χ2n) is 4.06. The SMILES string of the molecule is [S]CCCCCC1CCCCC1. The fraction of sp³-hybridized carbons (Fsp3) is 1.00. The first kappa shape index (κ1) is 10.4. The van der Waals surface area contributed by atoms with E-state index in [0.29, 0.717) is 0 Å². The summed E-state index contributed by atoms with van der Waals surface area (Å²) in [5.74, 6) is 2.04. The van der Waals surface area contributed by atoms with Crippen molar-refractivity contribution in [3.8, 4) is 0 Å². The van der Waals surface area contributed by atoms with Crippen LogP contribution >= 0.6 is 12.6 Å². The van der Waals surface area contributed by atoms with Gasteiger partial charge in [0.05, 0.1) is 0 Å². The standard InChI is InChI=1S/C11H21S/c12-10-6-2-5-9-11-7-3-1-4-8-11/h11H,1-10H2. The smallest absolute Gasteiger partial charge is 0.00369 e. The molecular weight excluding hydrogens is 164 g/mol. The fourth-order valence-electron chi connectivity index (χ4n) is 2.19. The van der Waals surface area contributed by atoms with Gasteiger partial charge in [0.25, 0.3) is 0 Å². The predicted molar refractivity (Wildman–Crippen MR) is 57.5 cm³/mol. The van der Waals surface area contributed by atoms with E-state index >= 15 is 0 Å². The molecule has 0 aromatic heterocycles. The second kappa shape index (κ2) is 6.82. The topological polar surface area (TPSA) is 0 Å². The van der Waals surface area contributed by atoms with Crippen LogP contribution in [0, 0.1) is 5.92 Å². The van der Waals surface area contributed by atoms with Crippen LogP contribution in [0.15, 0.2) is 0 Å². The van der Waals surface area contributed by atoms with Gasteiger partial charge in [0, 0.05) is 5.75 Å². The Labute approximate surface area is 82.5 Å². The van der Waals surface area contributed by atoms with Gasteiger partial charge in [0.1, 0.15) is 0 Å². The van der Waals surface area contributed by atoms with Crippen LogP contribution in [0.5, 0.6) is 0 Å². The van der Waals surface area contributed by atoms with E-state index in [2.05, 4.69) is 0 Å². The Hall–Kier alpha value is 0.350. The summed E-state index contributed by atoms with van der Waals surface area (Å²) in [6.45, 7) is 0. The van der Waals surface area contributed by atoms with E-state index in [-0.39, 0.29) is 0 Å². The van der Waals surface area contributed by atoms with Crippen molar-refractivity contribution >= 4 is 12.6 Å². The minimum absolute atomic E-state index is 0.963. The number of unbranched alkanes of at least 4 members (excludes halogenated alkanes) is 2. The molecule has 1 radical (unpaired) electrons. The molecule has 1 rings (SSSR count). The maximum absolute atomic E-state index is 4.92. The Kier molecular flexibility index (Phi) is 5.93. The summed E-state index contributed by atoms with van der Waals surface area (Å²) in [4.78, 5) is 0. The zero-order chi connectivity index (χ0) is 8.65. The van der Waals surface area contributed by atoms with Crippen LogP contribution in [0.25, 0.3) is 0 Å². The summed E-state index contributed by atoms with van der Waals surface area (Å²) < 4.78 is 0. The van der Waals surface area contributed by atoms with E-state index in [1.54, 1.807) is 0 Å². The van der Waals surface area contributed by atoms with Gasteiger partial charge in [-0.15, -0.1) is 0 Å². The van der Waals surface area contributed by atoms with Crippen molar-refractivity contribution in [1.82, 2.24) is 0 Å². The summed E-state index contributed by atoms with van der Waals surface area (Å²) in [5.41, 5.74) is 0. The minimum atomic E-state index is 0.963. The van der Waals surface area contributed by atoms with Gasteiger partial charge >= 0.3 is 0 Å². The van der Waals surface area contributed by atoms with E-state index in [1.807, 2.05) is 0 Å². The first-order valence-corrected chi connectivity index (χ1v) is 6.09. The average molecular weight is 185 g/mol. The zero-order valence-electron chi connectivity index (χ0n) is 8.06. The van der Waals surface area contributed by atoms with Crippen LogP contribution in [0.2, 0.25) is 0 Å². The third-order valence-corrected chi connectivity index (χ3v) is 3.27. The summed E-state index contributed by atoms with van der Waals surface area (Å²) >= 11 is 4.92. The van der Waals surface area contributed by atoms with Crippen LogP contribution in [0.4, 0.5) is 0 Å². The lowest BCUT2D eigenvalue weighted by atomic mass is 9.86. The van der Waals surface area contributed by atoms with E-state index in [9.17, 15) is 0 Å². The lowest BCUT2D eigenvalue weighted by Gasteiger charge is -2.21. The molecule has 0 nitrogen and oxygen atoms in total. The quantitative estimate of drug-likeness (QED) is 0.559. The van der Waals surface area contributed by atoms with E-state index < -0.39 is 0 Å². The monoisotopic (exact) mass is 185 g/mol. The molecule has 0 amide bonds. The van der Waals surface area contributed by atoms with Crippen molar-refractivity contribution in [2.75, 3.05) is 5.75 Å². The fourth-order valence-corrected chi connectivity index (χ4v) is 2.39. The van der Waals surface area contributed by atoms with E-state index in [1.165, 1.54) is 57.8 Å². The molecule has 0 heterocycles. The van der Waals surface area contributed by atoms with E-state index in [4.69, 9.17) is 12.6 Å². The average Bonchev–Trinajstić information content (AvgIpc) is 2.14. The molecule has 1 saturated carbocycles. The highest BCUT2D eigenvalue weighted by Gasteiger charge is 2.11. The second-order valence-corrected chi connectivity index (χ2v) is 4.47. The van der Waals surface area contributed by atoms with Crippen LogP contribution in [0.1, 0.15) is 57.8 Å². The van der Waals surface area contributed by atoms with E-state index in [0.717, 1.165) is 11.7 Å². The van der Waals surface area contributed by atoms with Crippen molar-refractivity contribution in [2.24, 2.45) is 5.92 Å². The number of hydrogen-bond acceptors (Lipinski definition) is 0. The molecule has 0 aliphatic heterocycles. The minimum Gasteiger partial charge on any atom is -0.0942 e. The first-order valence-electron chi connectivity index (χ1n) is 5.51. The Morgan fingerprint density at radius 1 is 0.917 bits per heavy atom. The molecule has 0 saturated heterocycles. The van der Waals surface area contributed by atoms with Crippen LogP contribution in [-0.2, 0) is 0 Å². The molecule has 1 aliphatic carbocycles. The molecule has 0 N–H and O–H groups in total. The number of rotatable bonds is 5. The summed E-state index contributed by atoms with van der Waals surface area (Å²) in [7, 11) is 0. The third-order valence-electron chi connectivity index (χ3n) is 2.98. The Morgan fingerprint density at radius 3 is 2.33 bits per heavy atom. The first-order chi connectivity index (χ1) is 5.93. The third kappa shape index (κ3) is 4.39. The lowest BCUT2D eigenvalue weighted by Crippen LogP contribution is -2.05. The van der Waals surface area contributed by atoms with Gasteiger partial charge in [-0.25, -0.2) is 0 Å². The molecule has 0 atom stereocenters. The molecule has 1 fully saturated rings. The van der Waals surface area contributed by atoms with Gasteiger partial charge in [-0.3, -0.25) is 0 Å². The maximum Gasteiger partial charge on any atom is 0.00369 e. The van der Waals surface area contributed by atoms with Gasteiger partial charge in [0.15, 0.2) is 0 Å². The predicted octanol–water partition coefficient (Wildman–Crippen LogP) is 4.32. The summed E-state index contributed by atoms with van der Waals surface area (Å²) in [6.07, 6.45) is 13.0. The van der Waals surface area contributed by atoms with Gasteiger partial charge in [-0.05, 0) is 12.3 Å². The van der Waals surface area contributed by atoms with Gasteiger partial charge in [-0.1, -0.05) is 64.0 Å². The normalized spacial score (nSPS) is 19.8. The highest BCUT2D eigenvalue weighted by molar-refractivity contribution is 7.80. The van der Waals surface area contributed by atoms with Crippen molar-refractivity contribution in [1.29, 1.82) is 0 Å². The Balaban J connectivity index is 1.91. The molecule has 0 spiro atoms. The zero-order valence-corrected chi connectivity index (χ0v) is 8.87. The molecule has 12 heavy (non-hydrogen) atoms. The lowest BCUT2D eigenvalue weighted by molar-refractivity contribution is 0.329. The van der Waals surface area contributed by atoms with Crippen molar-refractivity contribution in [2.45, 2.75) is 57.8 Å². The molecule has 0 bridgehead atoms. The van der Waals surface area contributed by atoms with Gasteiger partial charge in [0.2, 0.25) is 0 Å². The Bertz CT molecular complexity index is 95.2. The van der Waals surface area contributed by atoms with Crippen LogP contribution in [0.3, 0.4) is 0 Å². The largest absolute Gasteiger partial charge is 0.0942 e. The molecule has 0 aromatic rings. The molecule has 1 heteroatoms. The van der Waals surface area contributed by atoms with Crippen molar-refractivity contribution < 1.29 is 0 Å². The molecule has 1 aliphatic rings. The van der Waals surface area contributed by atoms with Crippen molar-refractivity contribution in [3.63, 3.8) is 0 Å². The highest BCUT2D eigenvalue weighted by atomic mass is 32.1. The Morgan fingerprint density at radius 2 is 1.67 bits per heavy atom. The van der Waals surface area contributed by atoms with Crippen LogP contribution in [-0.4, -0.2) is 5.75 Å². The van der Waals surface area contributed by atoms with Gasteiger partial charge in [-0.2, -0.15) is 0 Å². The molecule has 71 valence electrons. The summed E-state index contributed by atoms with van der Waals surface area (Å²) in [6, 6.07) is 0. The maximum atomic E-state index is 4.92.